The third kappa shape index (κ3) is 3.29. The van der Waals surface area contributed by atoms with Crippen molar-refractivity contribution in [1.82, 2.24) is 10.3 Å². The predicted molar refractivity (Wildman–Crippen MR) is 71.6 cm³/mol. The van der Waals surface area contributed by atoms with Crippen LogP contribution in [-0.2, 0) is 6.54 Å². The van der Waals surface area contributed by atoms with Crippen molar-refractivity contribution in [2.75, 3.05) is 0 Å². The molecule has 1 heterocycles. The van der Waals surface area contributed by atoms with Gasteiger partial charge in [-0.1, -0.05) is 35.9 Å². The number of nitrogens with one attached hydrogen (secondary N) is 1. The molecule has 1 aromatic carbocycles. The van der Waals surface area contributed by atoms with E-state index in [1.54, 1.807) is 0 Å². The second-order valence-corrected chi connectivity index (χ2v) is 4.46. The highest BCUT2D eigenvalue weighted by molar-refractivity contribution is 6.32. The molecule has 0 saturated heterocycles. The zero-order chi connectivity index (χ0) is 13.8. The predicted octanol–water partition coefficient (Wildman–Crippen LogP) is 3.11. The lowest BCUT2D eigenvalue weighted by Crippen LogP contribution is -2.24. The highest BCUT2D eigenvalue weighted by Gasteiger charge is 2.12. The van der Waals surface area contributed by atoms with Gasteiger partial charge in [0.1, 0.15) is 11.0 Å². The molecule has 0 atom stereocenters. The molecular formula is C14H12ClFN2O. The van der Waals surface area contributed by atoms with E-state index in [9.17, 15) is 9.18 Å². The molecule has 0 bridgehead atoms. The number of aromatic nitrogens is 1. The van der Waals surface area contributed by atoms with E-state index >= 15 is 0 Å². The maximum absolute atomic E-state index is 13.0. The van der Waals surface area contributed by atoms with Crippen molar-refractivity contribution in [3.8, 4) is 0 Å². The number of hydrogen-bond acceptors (Lipinski definition) is 2. The monoisotopic (exact) mass is 278 g/mol. The number of benzene rings is 1. The summed E-state index contributed by atoms with van der Waals surface area (Å²) in [5.74, 6) is -1.04. The van der Waals surface area contributed by atoms with Crippen LogP contribution in [0, 0.1) is 12.7 Å². The van der Waals surface area contributed by atoms with Gasteiger partial charge >= 0.3 is 0 Å². The second kappa shape index (κ2) is 5.80. The molecule has 0 aliphatic heterocycles. The minimum atomic E-state index is -0.592. The van der Waals surface area contributed by atoms with Crippen molar-refractivity contribution in [3.63, 3.8) is 0 Å². The second-order valence-electron chi connectivity index (χ2n) is 4.10. The molecule has 1 aromatic heterocycles. The van der Waals surface area contributed by atoms with Crippen molar-refractivity contribution < 1.29 is 9.18 Å². The molecule has 0 aliphatic carbocycles. The zero-order valence-electron chi connectivity index (χ0n) is 10.3. The zero-order valence-corrected chi connectivity index (χ0v) is 11.0. The van der Waals surface area contributed by atoms with E-state index in [0.717, 1.165) is 23.4 Å². The number of hydrogen-bond donors (Lipinski definition) is 1. The molecule has 1 N–H and O–H groups in total. The molecule has 98 valence electrons. The smallest absolute Gasteiger partial charge is 0.254 e. The number of halogens is 2. The third-order valence-corrected chi connectivity index (χ3v) is 3.05. The standard InChI is InChI=1S/C14H12ClFN2O/c1-9-4-2-3-5-10(9)7-18-14(19)12-6-11(16)8-17-13(12)15/h2-6,8H,7H2,1H3,(H,18,19). The quantitative estimate of drug-likeness (QED) is 0.877. The average Bonchev–Trinajstić information content (AvgIpc) is 2.40. The van der Waals surface area contributed by atoms with Gasteiger partial charge in [-0.3, -0.25) is 4.79 Å². The number of aryl methyl sites for hydroxylation is 1. The third-order valence-electron chi connectivity index (χ3n) is 2.75. The lowest BCUT2D eigenvalue weighted by atomic mass is 10.1. The van der Waals surface area contributed by atoms with Gasteiger partial charge in [-0.25, -0.2) is 9.37 Å². The van der Waals surface area contributed by atoms with Gasteiger partial charge in [0, 0.05) is 6.54 Å². The molecular weight excluding hydrogens is 267 g/mol. The van der Waals surface area contributed by atoms with Crippen LogP contribution in [0.2, 0.25) is 5.15 Å². The molecule has 0 saturated carbocycles. The van der Waals surface area contributed by atoms with Gasteiger partial charge < -0.3 is 5.32 Å². The van der Waals surface area contributed by atoms with Gasteiger partial charge in [0.2, 0.25) is 0 Å². The Morgan fingerprint density at radius 3 is 2.89 bits per heavy atom. The van der Waals surface area contributed by atoms with Crippen LogP contribution < -0.4 is 5.32 Å². The van der Waals surface area contributed by atoms with Gasteiger partial charge in [-0.15, -0.1) is 0 Å². The Balaban J connectivity index is 2.10. The molecule has 0 radical (unpaired) electrons. The van der Waals surface area contributed by atoms with E-state index in [-0.39, 0.29) is 10.7 Å². The normalized spacial score (nSPS) is 10.3. The Labute approximate surface area is 115 Å². The van der Waals surface area contributed by atoms with Crippen LogP contribution in [0.3, 0.4) is 0 Å². The van der Waals surface area contributed by atoms with Gasteiger partial charge in [0.05, 0.1) is 11.8 Å². The summed E-state index contributed by atoms with van der Waals surface area (Å²) in [6, 6.07) is 8.76. The Morgan fingerprint density at radius 2 is 2.16 bits per heavy atom. The molecule has 2 aromatic rings. The number of pyridine rings is 1. The number of carbonyl (C=O) groups excluding carboxylic acids is 1. The maximum atomic E-state index is 13.0. The first-order chi connectivity index (χ1) is 9.08. The molecule has 0 unspecified atom stereocenters. The van der Waals surface area contributed by atoms with Crippen molar-refractivity contribution in [2.24, 2.45) is 0 Å². The summed E-state index contributed by atoms with van der Waals surface area (Å²) < 4.78 is 13.0. The van der Waals surface area contributed by atoms with Crippen LogP contribution in [0.4, 0.5) is 4.39 Å². The summed E-state index contributed by atoms with van der Waals surface area (Å²) in [4.78, 5) is 15.5. The van der Waals surface area contributed by atoms with Crippen LogP contribution in [0.5, 0.6) is 0 Å². The average molecular weight is 279 g/mol. The fourth-order valence-corrected chi connectivity index (χ4v) is 1.85. The molecule has 5 heteroatoms. The molecule has 0 aliphatic rings. The van der Waals surface area contributed by atoms with E-state index in [4.69, 9.17) is 11.6 Å². The highest BCUT2D eigenvalue weighted by atomic mass is 35.5. The topological polar surface area (TPSA) is 42.0 Å². The van der Waals surface area contributed by atoms with Crippen molar-refractivity contribution in [1.29, 1.82) is 0 Å². The first kappa shape index (κ1) is 13.5. The van der Waals surface area contributed by atoms with Gasteiger partial charge in [0.15, 0.2) is 0 Å². The largest absolute Gasteiger partial charge is 0.348 e. The van der Waals surface area contributed by atoms with Crippen molar-refractivity contribution >= 4 is 17.5 Å². The van der Waals surface area contributed by atoms with Crippen molar-refractivity contribution in [3.05, 3.63) is 64.2 Å². The van der Waals surface area contributed by atoms with E-state index in [1.807, 2.05) is 31.2 Å². The SMILES string of the molecule is Cc1ccccc1CNC(=O)c1cc(F)cnc1Cl. The van der Waals surface area contributed by atoms with Crippen LogP contribution in [-0.4, -0.2) is 10.9 Å². The molecule has 2 rings (SSSR count). The Hall–Kier alpha value is -1.94. The van der Waals surface area contributed by atoms with Gasteiger partial charge in [0.25, 0.3) is 5.91 Å². The van der Waals surface area contributed by atoms with Crippen molar-refractivity contribution in [2.45, 2.75) is 13.5 Å². The van der Waals surface area contributed by atoms with E-state index < -0.39 is 11.7 Å². The molecule has 0 fully saturated rings. The molecule has 0 spiro atoms. The Morgan fingerprint density at radius 1 is 1.42 bits per heavy atom. The number of nitrogens with zero attached hydrogens (tertiary/aromatic N) is 1. The molecule has 3 nitrogen and oxygen atoms in total. The van der Waals surface area contributed by atoms with E-state index in [0.29, 0.717) is 6.54 Å². The summed E-state index contributed by atoms with van der Waals surface area (Å²) in [7, 11) is 0. The minimum absolute atomic E-state index is 0.0105. The summed E-state index contributed by atoms with van der Waals surface area (Å²) in [6.07, 6.45) is 0.973. The number of amides is 1. The molecule has 19 heavy (non-hydrogen) atoms. The fourth-order valence-electron chi connectivity index (χ4n) is 1.66. The summed E-state index contributed by atoms with van der Waals surface area (Å²) in [5.41, 5.74) is 2.11. The first-order valence-electron chi connectivity index (χ1n) is 5.71. The lowest BCUT2D eigenvalue weighted by Gasteiger charge is -2.08. The summed E-state index contributed by atoms with van der Waals surface area (Å²) in [6.45, 7) is 2.32. The van der Waals surface area contributed by atoms with E-state index in [1.165, 1.54) is 0 Å². The van der Waals surface area contributed by atoms with Crippen LogP contribution in [0.25, 0.3) is 0 Å². The fraction of sp³-hybridized carbons (Fsp3) is 0.143. The summed E-state index contributed by atoms with van der Waals surface area (Å²) in [5, 5.41) is 2.68. The summed E-state index contributed by atoms with van der Waals surface area (Å²) >= 11 is 5.77. The Bertz CT molecular complexity index is 616. The Kier molecular flexibility index (Phi) is 4.12. The minimum Gasteiger partial charge on any atom is -0.348 e. The maximum Gasteiger partial charge on any atom is 0.254 e. The van der Waals surface area contributed by atoms with Crippen LogP contribution >= 0.6 is 11.6 Å². The van der Waals surface area contributed by atoms with Gasteiger partial charge in [-0.05, 0) is 24.1 Å². The number of rotatable bonds is 3. The first-order valence-corrected chi connectivity index (χ1v) is 6.09. The lowest BCUT2D eigenvalue weighted by molar-refractivity contribution is 0.0950. The highest BCUT2D eigenvalue weighted by Crippen LogP contribution is 2.14. The number of carbonyl (C=O) groups is 1. The van der Waals surface area contributed by atoms with E-state index in [2.05, 4.69) is 10.3 Å². The van der Waals surface area contributed by atoms with Gasteiger partial charge in [-0.2, -0.15) is 0 Å². The van der Waals surface area contributed by atoms with Crippen LogP contribution in [0.15, 0.2) is 36.5 Å². The molecule has 1 amide bonds. The van der Waals surface area contributed by atoms with Crippen LogP contribution in [0.1, 0.15) is 21.5 Å².